The Morgan fingerprint density at radius 2 is 2.28 bits per heavy atom. The third-order valence-corrected chi connectivity index (χ3v) is 3.80. The monoisotopic (exact) mass is 268 g/mol. The lowest BCUT2D eigenvalue weighted by Gasteiger charge is -2.37. The van der Waals surface area contributed by atoms with Gasteiger partial charge in [0.05, 0.1) is 6.10 Å². The second-order valence-electron chi connectivity index (χ2n) is 5.32. The summed E-state index contributed by atoms with van der Waals surface area (Å²) in [6.07, 6.45) is 0.613. The molecule has 0 amide bonds. The van der Waals surface area contributed by atoms with E-state index in [-0.39, 0.29) is 18.1 Å². The van der Waals surface area contributed by atoms with Crippen LogP contribution in [0.5, 0.6) is 0 Å². The highest BCUT2D eigenvalue weighted by atomic mass is 35.5. The van der Waals surface area contributed by atoms with E-state index in [9.17, 15) is 5.11 Å². The van der Waals surface area contributed by atoms with E-state index in [1.54, 1.807) is 0 Å². The molecular weight excluding hydrogens is 248 g/mol. The van der Waals surface area contributed by atoms with Gasteiger partial charge in [-0.2, -0.15) is 0 Å². The minimum absolute atomic E-state index is 0.150. The fraction of sp³-hybridized carbons (Fsp3) is 0.571. The molecular formula is C14H21ClN2O. The number of nitrogens with two attached hydrogens (primary N) is 1. The van der Waals surface area contributed by atoms with Gasteiger partial charge in [0.15, 0.2) is 0 Å². The van der Waals surface area contributed by atoms with E-state index in [1.165, 1.54) is 5.56 Å². The van der Waals surface area contributed by atoms with Crippen molar-refractivity contribution in [3.8, 4) is 0 Å². The van der Waals surface area contributed by atoms with Crippen molar-refractivity contribution in [1.29, 1.82) is 0 Å². The van der Waals surface area contributed by atoms with Crippen LogP contribution in [0.3, 0.4) is 0 Å². The minimum atomic E-state index is -0.293. The second kappa shape index (κ2) is 6.02. The number of aliphatic hydroxyl groups excluding tert-OH is 1. The lowest BCUT2D eigenvalue weighted by Crippen LogP contribution is -2.49. The van der Waals surface area contributed by atoms with Crippen LogP contribution in [0.2, 0.25) is 5.02 Å². The molecule has 1 aliphatic rings. The Balaban J connectivity index is 2.00. The van der Waals surface area contributed by atoms with Crippen molar-refractivity contribution < 1.29 is 5.11 Å². The molecule has 0 radical (unpaired) electrons. The summed E-state index contributed by atoms with van der Waals surface area (Å²) < 4.78 is 0. The standard InChI is InChI=1S/C14H21ClN2O/c1-10(18)12-6-14(16)9-17(8-12)7-11-3-2-4-13(15)5-11/h2-5,10,12,14,18H,6-9,16H2,1H3. The lowest BCUT2D eigenvalue weighted by atomic mass is 9.90. The summed E-state index contributed by atoms with van der Waals surface area (Å²) in [5, 5.41) is 10.5. The molecule has 1 heterocycles. The molecule has 1 saturated heterocycles. The lowest BCUT2D eigenvalue weighted by molar-refractivity contribution is 0.0516. The Morgan fingerprint density at radius 3 is 2.94 bits per heavy atom. The van der Waals surface area contributed by atoms with Gasteiger partial charge < -0.3 is 10.8 Å². The highest BCUT2D eigenvalue weighted by Crippen LogP contribution is 2.21. The smallest absolute Gasteiger partial charge is 0.0553 e. The van der Waals surface area contributed by atoms with Crippen LogP contribution in [0.25, 0.3) is 0 Å². The predicted molar refractivity (Wildman–Crippen MR) is 74.5 cm³/mol. The molecule has 3 nitrogen and oxygen atoms in total. The van der Waals surface area contributed by atoms with Gasteiger partial charge in [-0.3, -0.25) is 4.90 Å². The zero-order valence-corrected chi connectivity index (χ0v) is 11.5. The number of aliphatic hydroxyl groups is 1. The van der Waals surface area contributed by atoms with E-state index < -0.39 is 0 Å². The third kappa shape index (κ3) is 3.69. The molecule has 1 aliphatic heterocycles. The zero-order valence-electron chi connectivity index (χ0n) is 10.7. The molecule has 3 atom stereocenters. The highest BCUT2D eigenvalue weighted by molar-refractivity contribution is 6.30. The highest BCUT2D eigenvalue weighted by Gasteiger charge is 2.27. The molecule has 1 fully saturated rings. The van der Waals surface area contributed by atoms with Crippen LogP contribution in [-0.2, 0) is 6.54 Å². The number of piperidine rings is 1. The Hall–Kier alpha value is -0.610. The normalized spacial score (nSPS) is 27.1. The summed E-state index contributed by atoms with van der Waals surface area (Å²) in [4.78, 5) is 2.30. The van der Waals surface area contributed by atoms with Gasteiger partial charge in [0.25, 0.3) is 0 Å². The Kier molecular flexibility index (Phi) is 4.62. The summed E-state index contributed by atoms with van der Waals surface area (Å²) in [5.41, 5.74) is 7.25. The Labute approximate surface area is 114 Å². The van der Waals surface area contributed by atoms with Crippen molar-refractivity contribution in [3.05, 3.63) is 34.9 Å². The van der Waals surface area contributed by atoms with Gasteiger partial charge in [0, 0.05) is 30.7 Å². The number of likely N-dealkylation sites (tertiary alicyclic amines) is 1. The molecule has 100 valence electrons. The molecule has 1 aromatic carbocycles. The first-order valence-electron chi connectivity index (χ1n) is 6.45. The van der Waals surface area contributed by atoms with Crippen LogP contribution in [0.1, 0.15) is 18.9 Å². The summed E-state index contributed by atoms with van der Waals surface area (Å²) in [6.45, 7) is 4.48. The van der Waals surface area contributed by atoms with Crippen molar-refractivity contribution in [2.45, 2.75) is 32.0 Å². The number of halogens is 1. The maximum atomic E-state index is 9.72. The van der Waals surface area contributed by atoms with E-state index in [2.05, 4.69) is 11.0 Å². The van der Waals surface area contributed by atoms with Crippen LogP contribution in [0.15, 0.2) is 24.3 Å². The van der Waals surface area contributed by atoms with Crippen LogP contribution < -0.4 is 5.73 Å². The quantitative estimate of drug-likeness (QED) is 0.880. The van der Waals surface area contributed by atoms with E-state index in [1.807, 2.05) is 25.1 Å². The summed E-state index contributed by atoms with van der Waals surface area (Å²) >= 11 is 5.99. The van der Waals surface area contributed by atoms with Gasteiger partial charge in [-0.1, -0.05) is 23.7 Å². The van der Waals surface area contributed by atoms with Crippen LogP contribution >= 0.6 is 11.6 Å². The van der Waals surface area contributed by atoms with Gasteiger partial charge in [-0.05, 0) is 37.0 Å². The Morgan fingerprint density at radius 1 is 1.50 bits per heavy atom. The van der Waals surface area contributed by atoms with Crippen LogP contribution in [0, 0.1) is 5.92 Å². The molecule has 3 unspecified atom stereocenters. The summed E-state index contributed by atoms with van der Waals surface area (Å²) in [5.74, 6) is 0.271. The van der Waals surface area contributed by atoms with Gasteiger partial charge >= 0.3 is 0 Å². The summed E-state index contributed by atoms with van der Waals surface area (Å²) in [7, 11) is 0. The molecule has 0 aromatic heterocycles. The van der Waals surface area contributed by atoms with Crippen molar-refractivity contribution in [1.82, 2.24) is 4.90 Å². The molecule has 4 heteroatoms. The van der Waals surface area contributed by atoms with Gasteiger partial charge in [0.2, 0.25) is 0 Å². The van der Waals surface area contributed by atoms with Gasteiger partial charge in [-0.25, -0.2) is 0 Å². The average molecular weight is 269 g/mol. The maximum absolute atomic E-state index is 9.72. The maximum Gasteiger partial charge on any atom is 0.0553 e. The fourth-order valence-corrected chi connectivity index (χ4v) is 2.86. The minimum Gasteiger partial charge on any atom is -0.393 e. The third-order valence-electron chi connectivity index (χ3n) is 3.57. The molecule has 3 N–H and O–H groups in total. The number of benzene rings is 1. The molecule has 2 rings (SSSR count). The first-order chi connectivity index (χ1) is 8.54. The number of nitrogens with zero attached hydrogens (tertiary/aromatic N) is 1. The molecule has 0 spiro atoms. The van der Waals surface area contributed by atoms with Crippen molar-refractivity contribution in [3.63, 3.8) is 0 Å². The van der Waals surface area contributed by atoms with Gasteiger partial charge in [-0.15, -0.1) is 0 Å². The van der Waals surface area contributed by atoms with Crippen molar-refractivity contribution >= 4 is 11.6 Å². The number of hydrogen-bond acceptors (Lipinski definition) is 3. The zero-order chi connectivity index (χ0) is 13.1. The molecule has 0 saturated carbocycles. The van der Waals surface area contributed by atoms with Crippen molar-refractivity contribution in [2.24, 2.45) is 11.7 Å². The van der Waals surface area contributed by atoms with E-state index in [4.69, 9.17) is 17.3 Å². The van der Waals surface area contributed by atoms with E-state index >= 15 is 0 Å². The first kappa shape index (κ1) is 13.8. The molecule has 1 aromatic rings. The topological polar surface area (TPSA) is 49.5 Å². The van der Waals surface area contributed by atoms with Crippen LogP contribution in [0.4, 0.5) is 0 Å². The average Bonchev–Trinajstić information content (AvgIpc) is 2.28. The van der Waals surface area contributed by atoms with Gasteiger partial charge in [0.1, 0.15) is 0 Å². The SMILES string of the molecule is CC(O)C1CC(N)CN(Cc2cccc(Cl)c2)C1. The van der Waals surface area contributed by atoms with Crippen molar-refractivity contribution in [2.75, 3.05) is 13.1 Å². The number of rotatable bonds is 3. The van der Waals surface area contributed by atoms with Crippen LogP contribution in [-0.4, -0.2) is 35.2 Å². The molecule has 18 heavy (non-hydrogen) atoms. The molecule has 0 bridgehead atoms. The largest absolute Gasteiger partial charge is 0.393 e. The second-order valence-corrected chi connectivity index (χ2v) is 5.76. The van der Waals surface area contributed by atoms with E-state index in [0.29, 0.717) is 0 Å². The number of hydrogen-bond donors (Lipinski definition) is 2. The van der Waals surface area contributed by atoms with E-state index in [0.717, 1.165) is 31.1 Å². The Bertz CT molecular complexity index is 397. The summed E-state index contributed by atoms with van der Waals surface area (Å²) in [6, 6.07) is 8.06. The molecule has 0 aliphatic carbocycles. The predicted octanol–water partition coefficient (Wildman–Crippen LogP) is 1.87. The fourth-order valence-electron chi connectivity index (χ4n) is 2.65. The first-order valence-corrected chi connectivity index (χ1v) is 6.83.